The molecule has 0 bridgehead atoms. The standard InChI is InChI=1S/C50H32/c1-4-18-39-33(12-1)15-9-23-41(39)36-26-28-37(29-27-36)49-45-21-7-8-22-46(45)50(44-25-11-17-35-14-3-6-20-42(35)44)47-31-30-38(32-48(47)49)43-24-10-16-34-13-2-5-19-40(34)43/h1-32H/i7D,8D,21D,22D,30D,31D,32D. The molecule has 232 valence electrons. The summed E-state index contributed by atoms with van der Waals surface area (Å²) in [6, 6.07) is 48.0. The number of benzene rings is 10. The van der Waals surface area contributed by atoms with Gasteiger partial charge in [0.25, 0.3) is 0 Å². The number of rotatable bonds is 4. The van der Waals surface area contributed by atoms with Gasteiger partial charge in [-0.05, 0) is 104 Å². The summed E-state index contributed by atoms with van der Waals surface area (Å²) in [7, 11) is 0. The molecule has 0 heteroatoms. The van der Waals surface area contributed by atoms with Crippen LogP contribution in [0.15, 0.2) is 194 Å². The molecule has 50 heavy (non-hydrogen) atoms. The molecule has 0 aromatic heterocycles. The Labute approximate surface area is 301 Å². The van der Waals surface area contributed by atoms with Crippen molar-refractivity contribution in [3.63, 3.8) is 0 Å². The third-order valence-corrected chi connectivity index (χ3v) is 9.89. The van der Waals surface area contributed by atoms with Crippen LogP contribution < -0.4 is 0 Å². The first kappa shape index (κ1) is 22.2. The first-order valence-corrected chi connectivity index (χ1v) is 16.8. The molecule has 10 rings (SSSR count). The van der Waals surface area contributed by atoms with Gasteiger partial charge in [0.15, 0.2) is 0 Å². The van der Waals surface area contributed by atoms with E-state index in [9.17, 15) is 6.85 Å². The maximum atomic E-state index is 10.2. The summed E-state index contributed by atoms with van der Waals surface area (Å²) in [5.41, 5.74) is 5.11. The normalized spacial score (nSPS) is 13.6. The summed E-state index contributed by atoms with van der Waals surface area (Å²) in [6.07, 6.45) is 0. The monoisotopic (exact) mass is 639 g/mol. The summed E-state index contributed by atoms with van der Waals surface area (Å²) in [5.74, 6) is 0. The van der Waals surface area contributed by atoms with Crippen LogP contribution in [0.1, 0.15) is 9.60 Å². The fraction of sp³-hybridized carbons (Fsp3) is 0. The molecule has 0 N–H and O–H groups in total. The average molecular weight is 640 g/mol. The lowest BCUT2D eigenvalue weighted by Gasteiger charge is -2.20. The highest BCUT2D eigenvalue weighted by molar-refractivity contribution is 6.24. The Bertz CT molecular complexity index is 3300. The van der Waals surface area contributed by atoms with E-state index >= 15 is 0 Å². The van der Waals surface area contributed by atoms with Gasteiger partial charge in [-0.2, -0.15) is 0 Å². The summed E-state index contributed by atoms with van der Waals surface area (Å²) in [4.78, 5) is 0. The SMILES string of the molecule is [2H]c1c([2H])c([2H])c2c(-c3cccc4ccccc34)c3c([2H])c([2H])c(-c4cccc5ccccc45)c([2H])c3c(-c3ccc(-c4cccc5ccccc45)cc3)c2c1[2H]. The van der Waals surface area contributed by atoms with E-state index in [1.54, 1.807) is 0 Å². The molecule has 0 unspecified atom stereocenters. The Morgan fingerprint density at radius 3 is 1.32 bits per heavy atom. The number of hydrogen-bond donors (Lipinski definition) is 0. The van der Waals surface area contributed by atoms with E-state index in [0.29, 0.717) is 44.2 Å². The van der Waals surface area contributed by atoms with Gasteiger partial charge in [-0.15, -0.1) is 0 Å². The van der Waals surface area contributed by atoms with Gasteiger partial charge in [-0.1, -0.05) is 188 Å². The topological polar surface area (TPSA) is 0 Å². The van der Waals surface area contributed by atoms with Crippen molar-refractivity contribution in [3.05, 3.63) is 194 Å². The van der Waals surface area contributed by atoms with Crippen LogP contribution in [0.25, 0.3) is 98.4 Å². The Kier molecular flexibility index (Phi) is 5.14. The van der Waals surface area contributed by atoms with Gasteiger partial charge >= 0.3 is 0 Å². The second kappa shape index (κ2) is 11.6. The Balaban J connectivity index is 1.42. The molecule has 0 aliphatic rings. The highest BCUT2D eigenvalue weighted by Gasteiger charge is 2.19. The van der Waals surface area contributed by atoms with Crippen molar-refractivity contribution < 1.29 is 9.60 Å². The van der Waals surface area contributed by atoms with E-state index < -0.39 is 0 Å². The molecular formula is C50H32. The predicted octanol–water partition coefficient (Wildman–Crippen LogP) is 14.1. The zero-order valence-corrected chi connectivity index (χ0v) is 26.9. The molecule has 0 saturated carbocycles. The molecule has 0 saturated heterocycles. The summed E-state index contributed by atoms with van der Waals surface area (Å²) < 4.78 is 66.6. The van der Waals surface area contributed by atoms with Crippen LogP contribution in [0.5, 0.6) is 0 Å². The molecule has 0 heterocycles. The van der Waals surface area contributed by atoms with E-state index in [2.05, 4.69) is 24.3 Å². The van der Waals surface area contributed by atoms with Gasteiger partial charge in [0.05, 0.1) is 9.60 Å². The molecule has 0 amide bonds. The van der Waals surface area contributed by atoms with Gasteiger partial charge in [-0.3, -0.25) is 0 Å². The summed E-state index contributed by atoms with van der Waals surface area (Å²) in [5, 5.41) is 6.93. The second-order valence-electron chi connectivity index (χ2n) is 12.7. The predicted molar refractivity (Wildman–Crippen MR) is 216 cm³/mol. The Morgan fingerprint density at radius 1 is 0.280 bits per heavy atom. The van der Waals surface area contributed by atoms with Gasteiger partial charge in [0, 0.05) is 0 Å². The van der Waals surface area contributed by atoms with Crippen LogP contribution in [0.3, 0.4) is 0 Å². The lowest BCUT2D eigenvalue weighted by Crippen LogP contribution is -1.93. The molecule has 0 fully saturated rings. The molecule has 0 radical (unpaired) electrons. The number of fused-ring (bicyclic) bond motifs is 5. The third-order valence-electron chi connectivity index (χ3n) is 9.89. The molecular weight excluding hydrogens is 601 g/mol. The molecule has 0 atom stereocenters. The smallest absolute Gasteiger partial charge is 0.0616 e. The van der Waals surface area contributed by atoms with E-state index in [1.807, 2.05) is 127 Å². The van der Waals surface area contributed by atoms with Crippen LogP contribution in [0, 0.1) is 0 Å². The largest absolute Gasteiger partial charge is 0.0636 e. The van der Waals surface area contributed by atoms with Crippen LogP contribution in [0.2, 0.25) is 0 Å². The summed E-state index contributed by atoms with van der Waals surface area (Å²) >= 11 is 0. The van der Waals surface area contributed by atoms with Crippen LogP contribution in [-0.4, -0.2) is 0 Å². The van der Waals surface area contributed by atoms with E-state index in [4.69, 9.17) is 2.74 Å². The lowest BCUT2D eigenvalue weighted by atomic mass is 9.83. The lowest BCUT2D eigenvalue weighted by molar-refractivity contribution is 1.63. The molecule has 0 spiro atoms. The minimum Gasteiger partial charge on any atom is -0.0616 e. The van der Waals surface area contributed by atoms with Crippen molar-refractivity contribution in [2.24, 2.45) is 0 Å². The molecule has 10 aromatic carbocycles. The maximum absolute atomic E-state index is 10.2. The molecule has 0 aliphatic carbocycles. The maximum Gasteiger partial charge on any atom is 0.0636 e. The van der Waals surface area contributed by atoms with Gasteiger partial charge in [0.2, 0.25) is 0 Å². The minimum atomic E-state index is -0.387. The fourth-order valence-corrected chi connectivity index (χ4v) is 7.59. The van der Waals surface area contributed by atoms with E-state index in [-0.39, 0.29) is 53.1 Å². The average Bonchev–Trinajstić information content (AvgIpc) is 3.25. The van der Waals surface area contributed by atoms with Crippen LogP contribution in [-0.2, 0) is 0 Å². The first-order chi connectivity index (χ1) is 27.7. The zero-order valence-electron chi connectivity index (χ0n) is 33.9. The molecule has 0 aliphatic heterocycles. The van der Waals surface area contributed by atoms with E-state index in [0.717, 1.165) is 43.4 Å². The molecule has 10 aromatic rings. The van der Waals surface area contributed by atoms with Crippen molar-refractivity contribution in [2.45, 2.75) is 0 Å². The van der Waals surface area contributed by atoms with E-state index in [1.165, 1.54) is 0 Å². The summed E-state index contributed by atoms with van der Waals surface area (Å²) in [6.45, 7) is 0. The van der Waals surface area contributed by atoms with Crippen molar-refractivity contribution in [1.82, 2.24) is 0 Å². The zero-order chi connectivity index (χ0) is 39.1. The van der Waals surface area contributed by atoms with Gasteiger partial charge in [0.1, 0.15) is 0 Å². The van der Waals surface area contributed by atoms with Gasteiger partial charge < -0.3 is 0 Å². The highest BCUT2D eigenvalue weighted by Crippen LogP contribution is 2.47. The highest BCUT2D eigenvalue weighted by atomic mass is 14.2. The quantitative estimate of drug-likeness (QED) is 0.168. The first-order valence-electron chi connectivity index (χ1n) is 20.3. The number of hydrogen-bond acceptors (Lipinski definition) is 0. The van der Waals surface area contributed by atoms with Crippen molar-refractivity contribution in [1.29, 1.82) is 0 Å². The van der Waals surface area contributed by atoms with Crippen LogP contribution >= 0.6 is 0 Å². The van der Waals surface area contributed by atoms with Crippen LogP contribution in [0.4, 0.5) is 0 Å². The fourth-order valence-electron chi connectivity index (χ4n) is 7.59. The van der Waals surface area contributed by atoms with Crippen molar-refractivity contribution in [2.75, 3.05) is 0 Å². The Hall–Kier alpha value is -6.50. The Morgan fingerprint density at radius 2 is 0.720 bits per heavy atom. The second-order valence-corrected chi connectivity index (χ2v) is 12.7. The molecule has 0 nitrogen and oxygen atoms in total. The van der Waals surface area contributed by atoms with Gasteiger partial charge in [-0.25, -0.2) is 0 Å². The minimum absolute atomic E-state index is 0.0197. The third kappa shape index (κ3) is 4.54. The van der Waals surface area contributed by atoms with Crippen molar-refractivity contribution in [3.8, 4) is 44.5 Å². The van der Waals surface area contributed by atoms with Crippen molar-refractivity contribution >= 4 is 53.9 Å².